The van der Waals surface area contributed by atoms with Gasteiger partial charge in [0.25, 0.3) is 0 Å². The Bertz CT molecular complexity index is 385. The van der Waals surface area contributed by atoms with Gasteiger partial charge in [-0.15, -0.1) is 0 Å². The van der Waals surface area contributed by atoms with Crippen LogP contribution in [0.1, 0.15) is 85.0 Å². The number of carbonyl (C=O) groups is 2. The van der Waals surface area contributed by atoms with Crippen LogP contribution in [-0.4, -0.2) is 42.0 Å². The zero-order chi connectivity index (χ0) is 19.7. The number of ether oxygens (including phenoxy) is 1. The maximum atomic E-state index is 12.1. The van der Waals surface area contributed by atoms with Crippen LogP contribution in [0.25, 0.3) is 0 Å². The summed E-state index contributed by atoms with van der Waals surface area (Å²) in [7, 11) is 0. The average Bonchev–Trinajstić information content (AvgIpc) is 2.63. The van der Waals surface area contributed by atoms with Gasteiger partial charge in [0.15, 0.2) is 0 Å². The molecular formula is C21H40O4Sn. The molecule has 0 aliphatic rings. The third-order valence-corrected chi connectivity index (χ3v) is 19.0. The second-order valence-corrected chi connectivity index (χ2v) is 20.4. The third-order valence-electron chi connectivity index (χ3n) is 4.94. The van der Waals surface area contributed by atoms with Gasteiger partial charge in [-0.05, 0) is 0 Å². The van der Waals surface area contributed by atoms with Crippen molar-refractivity contribution < 1.29 is 19.4 Å². The van der Waals surface area contributed by atoms with Gasteiger partial charge in [0, 0.05) is 0 Å². The van der Waals surface area contributed by atoms with E-state index in [1.807, 2.05) is 0 Å². The average molecular weight is 475 g/mol. The minimum absolute atomic E-state index is 0.192. The molecule has 0 aromatic rings. The molecule has 0 aliphatic carbocycles. The van der Waals surface area contributed by atoms with Crippen molar-refractivity contribution in [1.82, 2.24) is 0 Å². The summed E-state index contributed by atoms with van der Waals surface area (Å²) < 4.78 is 11.7. The Morgan fingerprint density at radius 2 is 1.38 bits per heavy atom. The molecule has 26 heavy (non-hydrogen) atoms. The second kappa shape index (κ2) is 16.6. The van der Waals surface area contributed by atoms with E-state index in [0.717, 1.165) is 12.8 Å². The van der Waals surface area contributed by atoms with Crippen molar-refractivity contribution in [3.05, 3.63) is 10.2 Å². The van der Waals surface area contributed by atoms with E-state index in [2.05, 4.69) is 24.9 Å². The fourth-order valence-electron chi connectivity index (χ4n) is 3.23. The van der Waals surface area contributed by atoms with Gasteiger partial charge in [0.1, 0.15) is 0 Å². The summed E-state index contributed by atoms with van der Waals surface area (Å²) in [4.78, 5) is 22.5. The molecule has 0 saturated heterocycles. The standard InChI is InChI=1S/C9H13O4.3C4H9.Sn/c1-2-9(12)13-7-5-3-4-6-8(10)11;3*1-3-4-2;/h1-2H,3-7H2,(H,10,11);3*1,3-4H2,2H3;. The van der Waals surface area contributed by atoms with Crippen molar-refractivity contribution in [3.8, 4) is 0 Å². The summed E-state index contributed by atoms with van der Waals surface area (Å²) in [5.41, 5.74) is 0. The first-order valence-electron chi connectivity index (χ1n) is 10.6. The molecule has 0 saturated carbocycles. The summed E-state index contributed by atoms with van der Waals surface area (Å²) in [5, 5.41) is 8.60. The van der Waals surface area contributed by atoms with Gasteiger partial charge in [-0.1, -0.05) is 0 Å². The first-order valence-corrected chi connectivity index (χ1v) is 18.3. The normalized spacial score (nSPS) is 11.8. The third kappa shape index (κ3) is 13.7. The molecule has 0 bridgehead atoms. The molecule has 0 atom stereocenters. The van der Waals surface area contributed by atoms with Gasteiger partial charge in [-0.25, -0.2) is 0 Å². The molecule has 0 aliphatic heterocycles. The van der Waals surface area contributed by atoms with E-state index < -0.39 is 24.3 Å². The topological polar surface area (TPSA) is 63.6 Å². The number of carbonyl (C=O) groups excluding carboxylic acids is 1. The maximum absolute atomic E-state index is 12.1. The van der Waals surface area contributed by atoms with Gasteiger partial charge in [-0.2, -0.15) is 0 Å². The van der Waals surface area contributed by atoms with Gasteiger partial charge in [0.05, 0.1) is 0 Å². The molecular weight excluding hydrogens is 435 g/mol. The first-order chi connectivity index (χ1) is 12.5. The van der Waals surface area contributed by atoms with E-state index in [-0.39, 0.29) is 12.4 Å². The predicted molar refractivity (Wildman–Crippen MR) is 111 cm³/mol. The predicted octanol–water partition coefficient (Wildman–Crippen LogP) is 6.12. The molecule has 5 heteroatoms. The quantitative estimate of drug-likeness (QED) is 0.119. The number of rotatable bonds is 17. The number of unbranched alkanes of at least 4 members (excludes halogenated alkanes) is 5. The van der Waals surface area contributed by atoms with Crippen molar-refractivity contribution in [2.75, 3.05) is 6.61 Å². The van der Waals surface area contributed by atoms with Crippen molar-refractivity contribution >= 4 is 30.3 Å². The molecule has 0 amide bonds. The Kier molecular flexibility index (Phi) is 16.3. The van der Waals surface area contributed by atoms with Gasteiger partial charge in [0.2, 0.25) is 0 Å². The summed E-state index contributed by atoms with van der Waals surface area (Å²) in [5.74, 6) is -0.978. The van der Waals surface area contributed by atoms with Crippen molar-refractivity contribution in [3.63, 3.8) is 0 Å². The minimum atomic E-state index is -2.39. The molecule has 0 heterocycles. The fourth-order valence-corrected chi connectivity index (χ4v) is 17.3. The Morgan fingerprint density at radius 1 is 0.846 bits per heavy atom. The zero-order valence-electron chi connectivity index (χ0n) is 17.2. The van der Waals surface area contributed by atoms with Crippen LogP contribution in [0.3, 0.4) is 0 Å². The van der Waals surface area contributed by atoms with Crippen LogP contribution in [0.2, 0.25) is 13.3 Å². The van der Waals surface area contributed by atoms with E-state index >= 15 is 0 Å². The van der Waals surface area contributed by atoms with Crippen LogP contribution in [0.4, 0.5) is 0 Å². The van der Waals surface area contributed by atoms with E-state index in [1.54, 1.807) is 6.08 Å². The Labute approximate surface area is 164 Å². The van der Waals surface area contributed by atoms with Crippen molar-refractivity contribution in [2.45, 2.75) is 98.3 Å². The van der Waals surface area contributed by atoms with E-state index in [0.29, 0.717) is 13.0 Å². The molecule has 152 valence electrons. The summed E-state index contributed by atoms with van der Waals surface area (Å²) in [6.07, 6.45) is 11.6. The molecule has 4 nitrogen and oxygen atoms in total. The molecule has 0 radical (unpaired) electrons. The van der Waals surface area contributed by atoms with Crippen molar-refractivity contribution in [1.29, 1.82) is 0 Å². The number of hydrogen-bond acceptors (Lipinski definition) is 3. The molecule has 0 spiro atoms. The monoisotopic (exact) mass is 476 g/mol. The Morgan fingerprint density at radius 3 is 1.85 bits per heavy atom. The molecule has 0 aromatic carbocycles. The van der Waals surface area contributed by atoms with Crippen LogP contribution in [0.15, 0.2) is 10.2 Å². The van der Waals surface area contributed by atoms with Gasteiger partial charge >= 0.3 is 165 Å². The van der Waals surface area contributed by atoms with E-state index in [1.165, 1.54) is 51.8 Å². The Balaban J connectivity index is 4.53. The van der Waals surface area contributed by atoms with Gasteiger partial charge in [-0.3, -0.25) is 0 Å². The summed E-state index contributed by atoms with van der Waals surface area (Å²) >= 11 is -2.39. The molecule has 1 N–H and O–H groups in total. The van der Waals surface area contributed by atoms with Gasteiger partial charge < -0.3 is 0 Å². The SMILES string of the molecule is CCC[CH2][Sn](/[CH]=C/C(=O)OCCCCCC(=O)O)([CH2]CCC)[CH2]CCC. The number of carboxylic acid groups (broad SMARTS) is 1. The number of carboxylic acids is 1. The fraction of sp³-hybridized carbons (Fsp3) is 0.810. The van der Waals surface area contributed by atoms with Crippen LogP contribution in [0, 0.1) is 0 Å². The summed E-state index contributed by atoms with van der Waals surface area (Å²) in [6, 6.07) is 0. The van der Waals surface area contributed by atoms with Crippen molar-refractivity contribution in [2.24, 2.45) is 0 Å². The number of esters is 1. The molecule has 0 rings (SSSR count). The van der Waals surface area contributed by atoms with Crippen LogP contribution < -0.4 is 0 Å². The molecule has 0 fully saturated rings. The molecule has 0 aromatic heterocycles. The summed E-state index contributed by atoms with van der Waals surface area (Å²) in [6.45, 7) is 7.14. The second-order valence-electron chi connectivity index (χ2n) is 7.38. The number of hydrogen-bond donors (Lipinski definition) is 1. The van der Waals surface area contributed by atoms with Crippen LogP contribution in [-0.2, 0) is 14.3 Å². The molecule has 0 unspecified atom stereocenters. The Hall–Kier alpha value is -0.521. The first kappa shape index (κ1) is 25.5. The zero-order valence-corrected chi connectivity index (χ0v) is 20.1. The van der Waals surface area contributed by atoms with E-state index in [9.17, 15) is 9.59 Å². The van der Waals surface area contributed by atoms with Crippen LogP contribution >= 0.6 is 0 Å². The van der Waals surface area contributed by atoms with Crippen LogP contribution in [0.5, 0.6) is 0 Å². The van der Waals surface area contributed by atoms with E-state index in [4.69, 9.17) is 9.84 Å². The number of aliphatic carboxylic acids is 1.